The third kappa shape index (κ3) is 3.11. The first kappa shape index (κ1) is 9.82. The third-order valence-corrected chi connectivity index (χ3v) is 2.11. The predicted molar refractivity (Wildman–Crippen MR) is 46.2 cm³/mol. The molecule has 0 rings (SSSR count). The van der Waals surface area contributed by atoms with Gasteiger partial charge in [0.2, 0.25) is 5.91 Å². The van der Waals surface area contributed by atoms with Crippen molar-refractivity contribution >= 4 is 17.7 Å². The second-order valence-electron chi connectivity index (χ2n) is 2.59. The van der Waals surface area contributed by atoms with E-state index >= 15 is 0 Å². The van der Waals surface area contributed by atoms with Crippen molar-refractivity contribution in [1.29, 1.82) is 0 Å². The molecule has 2 nitrogen and oxygen atoms in total. The largest absolute Gasteiger partial charge is 0.349 e. The molecule has 0 bridgehead atoms. The predicted octanol–water partition coefficient (Wildman–Crippen LogP) is 1.07. The zero-order valence-corrected chi connectivity index (χ0v) is 7.86. The standard InChI is InChI=1S/C7H15NOS/c1-6(5-10-4)7(9)8(2)3/h6H,5H2,1-4H3. The lowest BCUT2D eigenvalue weighted by Crippen LogP contribution is -2.29. The topological polar surface area (TPSA) is 20.3 Å². The summed E-state index contributed by atoms with van der Waals surface area (Å²) in [5.41, 5.74) is 0. The van der Waals surface area contributed by atoms with E-state index in [0.717, 1.165) is 5.75 Å². The number of hydrogen-bond donors (Lipinski definition) is 0. The van der Waals surface area contributed by atoms with Crippen LogP contribution in [0.5, 0.6) is 0 Å². The van der Waals surface area contributed by atoms with Gasteiger partial charge in [-0.05, 0) is 6.26 Å². The molecule has 0 saturated carbocycles. The number of rotatable bonds is 3. The van der Waals surface area contributed by atoms with Crippen LogP contribution in [0.25, 0.3) is 0 Å². The Morgan fingerprint density at radius 1 is 1.60 bits per heavy atom. The first-order valence-electron chi connectivity index (χ1n) is 3.29. The summed E-state index contributed by atoms with van der Waals surface area (Å²) in [7, 11) is 3.58. The van der Waals surface area contributed by atoms with Crippen molar-refractivity contribution < 1.29 is 4.79 Å². The van der Waals surface area contributed by atoms with Crippen LogP contribution in [0.2, 0.25) is 0 Å². The average Bonchev–Trinajstić information content (AvgIpc) is 1.87. The van der Waals surface area contributed by atoms with E-state index in [1.807, 2.05) is 13.2 Å². The van der Waals surface area contributed by atoms with E-state index in [0.29, 0.717) is 0 Å². The molecule has 1 atom stereocenters. The summed E-state index contributed by atoms with van der Waals surface area (Å²) in [6, 6.07) is 0. The fourth-order valence-corrected chi connectivity index (χ4v) is 1.40. The number of hydrogen-bond acceptors (Lipinski definition) is 2. The molecule has 1 unspecified atom stereocenters. The van der Waals surface area contributed by atoms with Gasteiger partial charge in [-0.3, -0.25) is 4.79 Å². The van der Waals surface area contributed by atoms with Gasteiger partial charge in [-0.25, -0.2) is 0 Å². The molecule has 0 saturated heterocycles. The van der Waals surface area contributed by atoms with Gasteiger partial charge in [0, 0.05) is 25.8 Å². The molecule has 10 heavy (non-hydrogen) atoms. The highest BCUT2D eigenvalue weighted by Crippen LogP contribution is 2.06. The maximum Gasteiger partial charge on any atom is 0.225 e. The smallest absolute Gasteiger partial charge is 0.225 e. The van der Waals surface area contributed by atoms with E-state index in [2.05, 4.69) is 0 Å². The fraction of sp³-hybridized carbons (Fsp3) is 0.857. The number of thioether (sulfide) groups is 1. The van der Waals surface area contributed by atoms with Crippen LogP contribution in [-0.2, 0) is 4.79 Å². The number of carbonyl (C=O) groups is 1. The second kappa shape index (κ2) is 4.61. The van der Waals surface area contributed by atoms with Crippen LogP contribution in [0.15, 0.2) is 0 Å². The van der Waals surface area contributed by atoms with E-state index in [1.54, 1.807) is 30.8 Å². The maximum absolute atomic E-state index is 11.1. The van der Waals surface area contributed by atoms with Crippen molar-refractivity contribution in [3.05, 3.63) is 0 Å². The Bertz CT molecular complexity index is 114. The Kier molecular flexibility index (Phi) is 4.52. The van der Waals surface area contributed by atoms with Gasteiger partial charge in [-0.2, -0.15) is 11.8 Å². The second-order valence-corrected chi connectivity index (χ2v) is 3.50. The summed E-state index contributed by atoms with van der Waals surface area (Å²) in [4.78, 5) is 12.8. The van der Waals surface area contributed by atoms with Crippen molar-refractivity contribution in [2.75, 3.05) is 26.1 Å². The summed E-state index contributed by atoms with van der Waals surface area (Å²) >= 11 is 1.71. The highest BCUT2D eigenvalue weighted by molar-refractivity contribution is 7.98. The van der Waals surface area contributed by atoms with Crippen LogP contribution >= 0.6 is 11.8 Å². The van der Waals surface area contributed by atoms with Crippen LogP contribution in [0.1, 0.15) is 6.92 Å². The lowest BCUT2D eigenvalue weighted by atomic mass is 10.2. The van der Waals surface area contributed by atoms with Crippen molar-refractivity contribution in [2.24, 2.45) is 5.92 Å². The molecule has 0 aliphatic carbocycles. The molecule has 0 radical (unpaired) electrons. The van der Waals surface area contributed by atoms with Crippen molar-refractivity contribution in [3.8, 4) is 0 Å². The summed E-state index contributed by atoms with van der Waals surface area (Å²) in [5, 5.41) is 0. The molecule has 0 aromatic heterocycles. The molecule has 60 valence electrons. The Morgan fingerprint density at radius 3 is 2.40 bits per heavy atom. The molecular formula is C7H15NOS. The quantitative estimate of drug-likeness (QED) is 0.617. The average molecular weight is 161 g/mol. The van der Waals surface area contributed by atoms with Crippen LogP contribution < -0.4 is 0 Å². The Hall–Kier alpha value is -0.180. The lowest BCUT2D eigenvalue weighted by molar-refractivity contribution is -0.131. The number of amides is 1. The summed E-state index contributed by atoms with van der Waals surface area (Å²) in [5.74, 6) is 1.29. The van der Waals surface area contributed by atoms with Crippen molar-refractivity contribution in [1.82, 2.24) is 4.90 Å². The molecular weight excluding hydrogens is 146 g/mol. The van der Waals surface area contributed by atoms with Crippen molar-refractivity contribution in [2.45, 2.75) is 6.92 Å². The normalized spacial score (nSPS) is 12.8. The van der Waals surface area contributed by atoms with E-state index in [9.17, 15) is 4.79 Å². The zero-order valence-electron chi connectivity index (χ0n) is 7.05. The highest BCUT2D eigenvalue weighted by atomic mass is 32.2. The first-order valence-corrected chi connectivity index (χ1v) is 4.69. The van der Waals surface area contributed by atoms with Gasteiger partial charge in [0.1, 0.15) is 0 Å². The SMILES string of the molecule is CSCC(C)C(=O)N(C)C. The Labute approximate surface area is 67.0 Å². The van der Waals surface area contributed by atoms with Crippen molar-refractivity contribution in [3.63, 3.8) is 0 Å². The van der Waals surface area contributed by atoms with Gasteiger partial charge in [0.25, 0.3) is 0 Å². The maximum atomic E-state index is 11.1. The minimum absolute atomic E-state index is 0.157. The molecule has 3 heteroatoms. The number of nitrogens with zero attached hydrogens (tertiary/aromatic N) is 1. The Morgan fingerprint density at radius 2 is 2.10 bits per heavy atom. The van der Waals surface area contributed by atoms with Crippen LogP contribution in [-0.4, -0.2) is 36.9 Å². The lowest BCUT2D eigenvalue weighted by Gasteiger charge is -2.15. The van der Waals surface area contributed by atoms with Crippen LogP contribution in [0, 0.1) is 5.92 Å². The van der Waals surface area contributed by atoms with E-state index in [-0.39, 0.29) is 11.8 Å². The van der Waals surface area contributed by atoms with E-state index in [1.165, 1.54) is 0 Å². The van der Waals surface area contributed by atoms with Crippen LogP contribution in [0.4, 0.5) is 0 Å². The van der Waals surface area contributed by atoms with Gasteiger partial charge >= 0.3 is 0 Å². The molecule has 0 heterocycles. The minimum Gasteiger partial charge on any atom is -0.349 e. The molecule has 0 aliphatic rings. The molecule has 0 N–H and O–H groups in total. The molecule has 0 fully saturated rings. The van der Waals surface area contributed by atoms with E-state index in [4.69, 9.17) is 0 Å². The van der Waals surface area contributed by atoms with Gasteiger partial charge in [0.05, 0.1) is 0 Å². The van der Waals surface area contributed by atoms with E-state index < -0.39 is 0 Å². The molecule has 0 aromatic rings. The Balaban J connectivity index is 3.71. The summed E-state index contributed by atoms with van der Waals surface area (Å²) < 4.78 is 0. The third-order valence-electron chi connectivity index (χ3n) is 1.28. The zero-order chi connectivity index (χ0) is 8.15. The highest BCUT2D eigenvalue weighted by Gasteiger charge is 2.12. The monoisotopic (exact) mass is 161 g/mol. The van der Waals surface area contributed by atoms with Crippen LogP contribution in [0.3, 0.4) is 0 Å². The van der Waals surface area contributed by atoms with Gasteiger partial charge < -0.3 is 4.90 Å². The summed E-state index contributed by atoms with van der Waals surface area (Å²) in [6.45, 7) is 1.96. The van der Waals surface area contributed by atoms with Gasteiger partial charge in [-0.15, -0.1) is 0 Å². The molecule has 0 spiro atoms. The fourth-order valence-electron chi connectivity index (χ4n) is 0.762. The number of carbonyl (C=O) groups excluding carboxylic acids is 1. The molecule has 0 aromatic carbocycles. The van der Waals surface area contributed by atoms with Gasteiger partial charge in [-0.1, -0.05) is 6.92 Å². The first-order chi connectivity index (χ1) is 4.59. The minimum atomic E-state index is 0.157. The molecule has 0 aliphatic heterocycles. The summed E-state index contributed by atoms with van der Waals surface area (Å²) in [6.07, 6.45) is 2.01. The molecule has 1 amide bonds. The van der Waals surface area contributed by atoms with Gasteiger partial charge in [0.15, 0.2) is 0 Å².